The van der Waals surface area contributed by atoms with Crippen molar-refractivity contribution in [1.29, 1.82) is 0 Å². The zero-order valence-electron chi connectivity index (χ0n) is 10.2. The van der Waals surface area contributed by atoms with Crippen LogP contribution in [-0.4, -0.2) is 40.0 Å². The summed E-state index contributed by atoms with van der Waals surface area (Å²) in [6.45, 7) is 3.28. The van der Waals surface area contributed by atoms with Gasteiger partial charge in [0.1, 0.15) is 12.1 Å². The number of nitrogens with zero attached hydrogens (tertiary/aromatic N) is 1. The van der Waals surface area contributed by atoms with Crippen molar-refractivity contribution in [3.8, 4) is 0 Å². The van der Waals surface area contributed by atoms with E-state index in [0.29, 0.717) is 12.8 Å². The van der Waals surface area contributed by atoms with Gasteiger partial charge in [-0.15, -0.1) is 0 Å². The number of nitrogens with one attached hydrogen (secondary N) is 1. The van der Waals surface area contributed by atoms with E-state index in [1.54, 1.807) is 0 Å². The summed E-state index contributed by atoms with van der Waals surface area (Å²) < 4.78 is 0. The second-order valence-electron chi connectivity index (χ2n) is 4.30. The lowest BCUT2D eigenvalue weighted by Crippen LogP contribution is -2.47. The molecule has 1 aliphatic heterocycles. The van der Waals surface area contributed by atoms with Crippen molar-refractivity contribution in [3.63, 3.8) is 0 Å². The normalized spacial score (nSPS) is 18.4. The van der Waals surface area contributed by atoms with Crippen LogP contribution in [-0.2, 0) is 9.59 Å². The van der Waals surface area contributed by atoms with Crippen molar-refractivity contribution in [2.45, 2.75) is 45.1 Å². The van der Waals surface area contributed by atoms with E-state index in [1.165, 1.54) is 0 Å². The molecule has 2 N–H and O–H groups in total. The van der Waals surface area contributed by atoms with Crippen LogP contribution in [0, 0.1) is 0 Å². The summed E-state index contributed by atoms with van der Waals surface area (Å²) in [6, 6.07) is -0.598. The molecule has 1 saturated heterocycles. The highest BCUT2D eigenvalue weighted by Crippen LogP contribution is 2.27. The lowest BCUT2D eigenvalue weighted by Gasteiger charge is -2.25. The predicted octanol–water partition coefficient (Wildman–Crippen LogP) is 0.962. The van der Waals surface area contributed by atoms with Gasteiger partial charge in [-0.3, -0.25) is 14.5 Å². The summed E-state index contributed by atoms with van der Waals surface area (Å²) in [7, 11) is 0. The average Bonchev–Trinajstić information content (AvgIpc) is 2.44. The number of carbonyl (C=O) groups excluding carboxylic acids is 2. The summed E-state index contributed by atoms with van der Waals surface area (Å²) in [5.41, 5.74) is -0.893. The Hall–Kier alpha value is -1.59. The maximum atomic E-state index is 12.1. The van der Waals surface area contributed by atoms with Crippen molar-refractivity contribution in [2.75, 3.05) is 6.54 Å². The first-order valence-corrected chi connectivity index (χ1v) is 5.82. The standard InChI is InChI=1S/C11H18N2O4/c1-3-5-11(6-4-2)9(16)13(7-8(14)15)10(17)12-11/h3-7H2,1-2H3,(H,12,17)(H,14,15). The molecule has 0 aliphatic carbocycles. The number of hydrogen-bond acceptors (Lipinski definition) is 3. The third-order valence-corrected chi connectivity index (χ3v) is 2.89. The van der Waals surface area contributed by atoms with E-state index in [4.69, 9.17) is 5.11 Å². The molecule has 17 heavy (non-hydrogen) atoms. The van der Waals surface area contributed by atoms with Crippen LogP contribution < -0.4 is 5.32 Å². The molecule has 0 radical (unpaired) electrons. The van der Waals surface area contributed by atoms with Crippen molar-refractivity contribution in [3.05, 3.63) is 0 Å². The maximum Gasteiger partial charge on any atom is 0.325 e. The second kappa shape index (κ2) is 5.16. The summed E-state index contributed by atoms with van der Waals surface area (Å²) in [4.78, 5) is 35.1. The number of amides is 3. The van der Waals surface area contributed by atoms with Crippen LogP contribution in [0.2, 0.25) is 0 Å². The van der Waals surface area contributed by atoms with Crippen LogP contribution >= 0.6 is 0 Å². The predicted molar refractivity (Wildman–Crippen MR) is 60.4 cm³/mol. The third-order valence-electron chi connectivity index (χ3n) is 2.89. The molecule has 0 spiro atoms. The first kappa shape index (κ1) is 13.5. The average molecular weight is 242 g/mol. The topological polar surface area (TPSA) is 86.7 Å². The summed E-state index contributed by atoms with van der Waals surface area (Å²) in [5.74, 6) is -1.59. The zero-order valence-corrected chi connectivity index (χ0v) is 10.2. The van der Waals surface area contributed by atoms with Crippen LogP contribution in [0.1, 0.15) is 39.5 Å². The Morgan fingerprint density at radius 3 is 2.24 bits per heavy atom. The van der Waals surface area contributed by atoms with Gasteiger partial charge in [-0.05, 0) is 12.8 Å². The number of imide groups is 1. The van der Waals surface area contributed by atoms with Crippen molar-refractivity contribution < 1.29 is 19.5 Å². The number of urea groups is 1. The van der Waals surface area contributed by atoms with Crippen molar-refractivity contribution >= 4 is 17.9 Å². The highest BCUT2D eigenvalue weighted by molar-refractivity contribution is 6.08. The van der Waals surface area contributed by atoms with E-state index in [9.17, 15) is 14.4 Å². The summed E-state index contributed by atoms with van der Waals surface area (Å²) >= 11 is 0. The molecular weight excluding hydrogens is 224 g/mol. The third kappa shape index (κ3) is 2.57. The van der Waals surface area contributed by atoms with Crippen molar-refractivity contribution in [2.24, 2.45) is 0 Å². The Morgan fingerprint density at radius 1 is 1.29 bits per heavy atom. The molecule has 0 saturated carbocycles. The highest BCUT2D eigenvalue weighted by atomic mass is 16.4. The first-order valence-electron chi connectivity index (χ1n) is 5.82. The molecule has 6 nitrogen and oxygen atoms in total. The number of carboxylic acids is 1. The fourth-order valence-corrected chi connectivity index (χ4v) is 2.27. The lowest BCUT2D eigenvalue weighted by molar-refractivity contribution is -0.143. The Labute approximate surface area is 100.0 Å². The van der Waals surface area contributed by atoms with E-state index in [2.05, 4.69) is 5.32 Å². The second-order valence-corrected chi connectivity index (χ2v) is 4.30. The Morgan fingerprint density at radius 2 is 1.82 bits per heavy atom. The van der Waals surface area contributed by atoms with Gasteiger partial charge >= 0.3 is 12.0 Å². The minimum atomic E-state index is -1.18. The highest BCUT2D eigenvalue weighted by Gasteiger charge is 2.50. The van der Waals surface area contributed by atoms with E-state index in [1.807, 2.05) is 13.8 Å². The van der Waals surface area contributed by atoms with Gasteiger partial charge in [0.2, 0.25) is 0 Å². The number of hydrogen-bond donors (Lipinski definition) is 2. The molecule has 6 heteroatoms. The summed E-state index contributed by atoms with van der Waals surface area (Å²) in [5, 5.41) is 11.3. The van der Waals surface area contributed by atoms with Gasteiger partial charge in [-0.2, -0.15) is 0 Å². The summed E-state index contributed by atoms with van der Waals surface area (Å²) in [6.07, 6.45) is 2.60. The van der Waals surface area contributed by atoms with E-state index in [-0.39, 0.29) is 0 Å². The Balaban J connectivity index is 2.92. The van der Waals surface area contributed by atoms with Gasteiger partial charge in [0.25, 0.3) is 5.91 Å². The van der Waals surface area contributed by atoms with Crippen molar-refractivity contribution in [1.82, 2.24) is 10.2 Å². The molecule has 3 amide bonds. The first-order chi connectivity index (χ1) is 7.96. The Kier molecular flexibility index (Phi) is 4.09. The van der Waals surface area contributed by atoms with Gasteiger partial charge in [0, 0.05) is 0 Å². The van der Waals surface area contributed by atoms with Crippen LogP contribution in [0.3, 0.4) is 0 Å². The smallest absolute Gasteiger partial charge is 0.325 e. The van der Waals surface area contributed by atoms with Gasteiger partial charge < -0.3 is 10.4 Å². The maximum absolute atomic E-state index is 12.1. The molecular formula is C11H18N2O4. The molecule has 0 aromatic rings. The number of carbonyl (C=O) groups is 3. The zero-order chi connectivity index (χ0) is 13.1. The molecule has 1 heterocycles. The SMILES string of the molecule is CCCC1(CCC)NC(=O)N(CC(=O)O)C1=O. The molecule has 0 aromatic carbocycles. The fraction of sp³-hybridized carbons (Fsp3) is 0.727. The molecule has 0 atom stereocenters. The van der Waals surface area contributed by atoms with Gasteiger partial charge in [-0.1, -0.05) is 26.7 Å². The van der Waals surface area contributed by atoms with Gasteiger partial charge in [0.15, 0.2) is 0 Å². The molecule has 0 aromatic heterocycles. The molecule has 0 bridgehead atoms. The van der Waals surface area contributed by atoms with E-state index >= 15 is 0 Å². The Bertz CT molecular complexity index is 334. The molecule has 1 rings (SSSR count). The van der Waals surface area contributed by atoms with Crippen LogP contribution in [0.5, 0.6) is 0 Å². The van der Waals surface area contributed by atoms with E-state index < -0.39 is 30.0 Å². The van der Waals surface area contributed by atoms with Gasteiger partial charge in [-0.25, -0.2) is 4.79 Å². The minimum Gasteiger partial charge on any atom is -0.480 e. The molecule has 96 valence electrons. The quantitative estimate of drug-likeness (QED) is 0.679. The van der Waals surface area contributed by atoms with Gasteiger partial charge in [0.05, 0.1) is 0 Å². The minimum absolute atomic E-state index is 0.409. The van der Waals surface area contributed by atoms with E-state index in [0.717, 1.165) is 17.7 Å². The number of rotatable bonds is 6. The number of carboxylic acid groups (broad SMARTS) is 1. The monoisotopic (exact) mass is 242 g/mol. The molecule has 0 unspecified atom stereocenters. The fourth-order valence-electron chi connectivity index (χ4n) is 2.27. The molecule has 1 aliphatic rings. The molecule has 1 fully saturated rings. The van der Waals surface area contributed by atoms with Crippen LogP contribution in [0.25, 0.3) is 0 Å². The number of aliphatic carboxylic acids is 1. The van der Waals surface area contributed by atoms with Crippen LogP contribution in [0.4, 0.5) is 4.79 Å². The lowest BCUT2D eigenvalue weighted by atomic mass is 9.88. The van der Waals surface area contributed by atoms with Crippen LogP contribution in [0.15, 0.2) is 0 Å². The largest absolute Gasteiger partial charge is 0.480 e.